The number of nitrogens with zero attached hydrogens (tertiary/aromatic N) is 3. The zero-order valence-electron chi connectivity index (χ0n) is 14.9. The van der Waals surface area contributed by atoms with Crippen molar-refractivity contribution in [2.24, 2.45) is 5.16 Å². The van der Waals surface area contributed by atoms with E-state index in [2.05, 4.69) is 26.9 Å². The number of nitrogens with two attached hydrogens (primary N) is 1. The van der Waals surface area contributed by atoms with Gasteiger partial charge in [-0.15, -0.1) is 23.1 Å². The van der Waals surface area contributed by atoms with E-state index in [0.717, 1.165) is 23.2 Å². The van der Waals surface area contributed by atoms with Gasteiger partial charge in [0.15, 0.2) is 10.8 Å². The minimum absolute atomic E-state index is 0.0752. The molecule has 0 bridgehead atoms. The average Bonchev–Trinajstić information content (AvgIpc) is 3.10. The monoisotopic (exact) mass is 437 g/mol. The predicted octanol–water partition coefficient (Wildman–Crippen LogP) is -0.0829. The van der Waals surface area contributed by atoms with Crippen LogP contribution in [0.5, 0.6) is 0 Å². The van der Waals surface area contributed by atoms with Crippen molar-refractivity contribution in [2.75, 3.05) is 11.5 Å². The molecular formula is C16H15N5O6S2. The highest BCUT2D eigenvalue weighted by atomic mass is 32.2. The van der Waals surface area contributed by atoms with Gasteiger partial charge in [0.25, 0.3) is 11.8 Å². The second-order valence-electron chi connectivity index (χ2n) is 5.84. The number of aromatic nitrogens is 1. The quantitative estimate of drug-likeness (QED) is 0.239. The molecule has 1 fully saturated rings. The molecule has 0 radical (unpaired) electrons. The van der Waals surface area contributed by atoms with Crippen LogP contribution in [-0.4, -0.2) is 61.6 Å². The number of nitrogens with one attached hydrogen (secondary N) is 1. The summed E-state index contributed by atoms with van der Waals surface area (Å²) in [6.45, 7) is 4.68. The van der Waals surface area contributed by atoms with Crippen LogP contribution in [0.4, 0.5) is 5.13 Å². The zero-order chi connectivity index (χ0) is 21.3. The zero-order valence-corrected chi connectivity index (χ0v) is 16.6. The number of thioether (sulfide) groups is 1. The fourth-order valence-electron chi connectivity index (χ4n) is 2.72. The first-order chi connectivity index (χ1) is 13.7. The average molecular weight is 437 g/mol. The largest absolute Gasteiger partial charge is 0.477 e. The number of carbonyl (C=O) groups excluding carboxylic acids is 3. The number of hydrogen-bond acceptors (Lipinski definition) is 10. The summed E-state index contributed by atoms with van der Waals surface area (Å²) < 4.78 is 0. The van der Waals surface area contributed by atoms with Crippen LogP contribution in [0.15, 0.2) is 34.5 Å². The number of hydrogen-bond donors (Lipinski definition) is 3. The summed E-state index contributed by atoms with van der Waals surface area (Å²) in [5.41, 5.74) is 5.58. The highest BCUT2D eigenvalue weighted by molar-refractivity contribution is 8.00. The molecule has 4 N–H and O–H groups in total. The molecule has 1 aromatic heterocycles. The van der Waals surface area contributed by atoms with Gasteiger partial charge in [-0.1, -0.05) is 17.8 Å². The number of oxime groups is 1. The molecular weight excluding hydrogens is 422 g/mol. The fraction of sp³-hybridized carbons (Fsp3) is 0.250. The van der Waals surface area contributed by atoms with Gasteiger partial charge >= 0.3 is 11.9 Å². The summed E-state index contributed by atoms with van der Waals surface area (Å²) in [4.78, 5) is 57.4. The minimum Gasteiger partial charge on any atom is -0.477 e. The number of aliphatic carboxylic acids is 1. The van der Waals surface area contributed by atoms with Gasteiger partial charge in [0, 0.05) is 18.1 Å². The Bertz CT molecular complexity index is 984. The van der Waals surface area contributed by atoms with Crippen molar-refractivity contribution in [3.8, 4) is 0 Å². The molecule has 1 saturated heterocycles. The molecule has 0 saturated carbocycles. The van der Waals surface area contributed by atoms with Crippen LogP contribution < -0.4 is 11.1 Å². The minimum atomic E-state index is -1.25. The Morgan fingerprint density at radius 3 is 2.79 bits per heavy atom. The van der Waals surface area contributed by atoms with E-state index in [4.69, 9.17) is 5.73 Å². The van der Waals surface area contributed by atoms with Crippen LogP contribution in [0.3, 0.4) is 0 Å². The molecule has 2 aliphatic rings. The highest BCUT2D eigenvalue weighted by Gasteiger charge is 2.54. The molecule has 2 aliphatic heterocycles. The molecule has 11 nitrogen and oxygen atoms in total. The van der Waals surface area contributed by atoms with E-state index in [-0.39, 0.29) is 22.2 Å². The van der Waals surface area contributed by atoms with Crippen molar-refractivity contribution in [1.82, 2.24) is 15.2 Å². The molecule has 152 valence electrons. The molecule has 2 amide bonds. The molecule has 13 heteroatoms. The molecule has 29 heavy (non-hydrogen) atoms. The third-order valence-corrected chi connectivity index (χ3v) is 5.95. The summed E-state index contributed by atoms with van der Waals surface area (Å²) in [7, 11) is 0. The van der Waals surface area contributed by atoms with E-state index in [1.54, 1.807) is 0 Å². The molecule has 0 aromatic carbocycles. The Morgan fingerprint density at radius 2 is 2.24 bits per heavy atom. The highest BCUT2D eigenvalue weighted by Crippen LogP contribution is 2.40. The third-order valence-electron chi connectivity index (χ3n) is 3.98. The number of allylic oxidation sites excluding steroid dienone is 1. The van der Waals surface area contributed by atoms with Crippen molar-refractivity contribution in [1.29, 1.82) is 0 Å². The van der Waals surface area contributed by atoms with Gasteiger partial charge in [-0.3, -0.25) is 14.5 Å². The molecule has 3 rings (SSSR count). The van der Waals surface area contributed by atoms with Crippen LogP contribution in [0, 0.1) is 0 Å². The van der Waals surface area contributed by atoms with Crippen LogP contribution in [-0.2, 0) is 24.0 Å². The molecule has 1 aromatic rings. The van der Waals surface area contributed by atoms with E-state index >= 15 is 0 Å². The molecule has 0 unspecified atom stereocenters. The standard InChI is InChI=1S/C16H15N5O6S2/c1-3-7-4-28-14-10(13(24)21(14)11(7)15(25)26)19-12(23)9(20-27-6(2)22)8-5-29-16(17)18-8/h3,5,10,14H,1,4H2,2H3,(H2,17,18)(H,19,23)(H,25,26)/b20-9+/t10-,14-/m1/s1. The van der Waals surface area contributed by atoms with Gasteiger partial charge in [0.1, 0.15) is 22.8 Å². The maximum atomic E-state index is 12.7. The van der Waals surface area contributed by atoms with Crippen molar-refractivity contribution in [3.63, 3.8) is 0 Å². The van der Waals surface area contributed by atoms with Crippen molar-refractivity contribution in [2.45, 2.75) is 18.3 Å². The maximum absolute atomic E-state index is 12.7. The number of anilines is 1. The normalized spacial score (nSPS) is 21.2. The lowest BCUT2D eigenvalue weighted by Crippen LogP contribution is -2.71. The Morgan fingerprint density at radius 1 is 1.52 bits per heavy atom. The SMILES string of the molecule is C=CC1=C(C(=O)O)N2C(=O)[C@@H](NC(=O)/C(=N/OC(C)=O)c3csc(N)n3)[C@H]2SC1. The smallest absolute Gasteiger partial charge is 0.352 e. The van der Waals surface area contributed by atoms with E-state index in [1.807, 2.05) is 0 Å². The first-order valence-electron chi connectivity index (χ1n) is 8.06. The number of carboxylic acid groups (broad SMARTS) is 1. The summed E-state index contributed by atoms with van der Waals surface area (Å²) in [5, 5.41) is 16.5. The first-order valence-corrected chi connectivity index (χ1v) is 9.98. The lowest BCUT2D eigenvalue weighted by Gasteiger charge is -2.49. The summed E-state index contributed by atoms with van der Waals surface area (Å²) in [6.07, 6.45) is 1.39. The van der Waals surface area contributed by atoms with E-state index in [1.165, 1.54) is 23.2 Å². The topological polar surface area (TPSA) is 164 Å². The number of fused-ring (bicyclic) bond motifs is 1. The van der Waals surface area contributed by atoms with Crippen LogP contribution in [0.25, 0.3) is 0 Å². The second-order valence-corrected chi connectivity index (χ2v) is 7.83. The van der Waals surface area contributed by atoms with Crippen LogP contribution in [0.2, 0.25) is 0 Å². The lowest BCUT2D eigenvalue weighted by molar-refractivity contribution is -0.150. The first kappa shape index (κ1) is 20.5. The maximum Gasteiger partial charge on any atom is 0.352 e. The lowest BCUT2D eigenvalue weighted by atomic mass is 10.0. The van der Waals surface area contributed by atoms with Crippen LogP contribution in [0.1, 0.15) is 12.6 Å². The Balaban J connectivity index is 1.82. The summed E-state index contributed by atoms with van der Waals surface area (Å²) in [6, 6.07) is -0.980. The van der Waals surface area contributed by atoms with E-state index in [0.29, 0.717) is 11.3 Å². The molecule has 2 atom stereocenters. The summed E-state index contributed by atoms with van der Waals surface area (Å²) >= 11 is 2.34. The Hall–Kier alpha value is -3.19. The van der Waals surface area contributed by atoms with Gasteiger partial charge in [-0.05, 0) is 5.57 Å². The van der Waals surface area contributed by atoms with Crippen LogP contribution >= 0.6 is 23.1 Å². The van der Waals surface area contributed by atoms with E-state index in [9.17, 15) is 24.3 Å². The Kier molecular flexibility index (Phi) is 5.70. The van der Waals surface area contributed by atoms with Gasteiger partial charge < -0.3 is 21.0 Å². The molecule has 3 heterocycles. The molecule has 0 aliphatic carbocycles. The van der Waals surface area contributed by atoms with Crippen molar-refractivity contribution >= 4 is 57.7 Å². The fourth-order valence-corrected chi connectivity index (χ4v) is 4.61. The van der Waals surface area contributed by atoms with E-state index < -0.39 is 35.2 Å². The van der Waals surface area contributed by atoms with Crippen molar-refractivity contribution < 1.29 is 29.1 Å². The van der Waals surface area contributed by atoms with Crippen molar-refractivity contribution in [3.05, 3.63) is 35.0 Å². The number of β-lactam (4-membered cyclic amide) rings is 1. The third kappa shape index (κ3) is 3.86. The van der Waals surface area contributed by atoms with Gasteiger partial charge in [-0.25, -0.2) is 14.6 Å². The van der Waals surface area contributed by atoms with Gasteiger partial charge in [-0.2, -0.15) is 0 Å². The summed E-state index contributed by atoms with van der Waals surface area (Å²) in [5.74, 6) is -3.08. The second kappa shape index (κ2) is 8.05. The molecule has 0 spiro atoms. The number of thiazole rings is 1. The number of carbonyl (C=O) groups is 4. The van der Waals surface area contributed by atoms with Gasteiger partial charge in [0.05, 0.1) is 0 Å². The Labute approximate surface area is 172 Å². The predicted molar refractivity (Wildman–Crippen MR) is 105 cm³/mol. The number of amides is 2. The number of nitrogen functional groups attached to an aromatic ring is 1. The van der Waals surface area contributed by atoms with Gasteiger partial charge in [0.2, 0.25) is 0 Å². The number of rotatable bonds is 6. The number of carboxylic acids is 1.